The summed E-state index contributed by atoms with van der Waals surface area (Å²) >= 11 is 0. The molecule has 4 N–H and O–H groups in total. The summed E-state index contributed by atoms with van der Waals surface area (Å²) in [6, 6.07) is 2.71. The Kier molecular flexibility index (Phi) is 6.85. The van der Waals surface area contributed by atoms with Gasteiger partial charge in [0.05, 0.1) is 31.6 Å². The summed E-state index contributed by atoms with van der Waals surface area (Å²) in [5.41, 5.74) is 1.72. The molecule has 0 aliphatic rings. The average Bonchev–Trinajstić information content (AvgIpc) is 2.67. The van der Waals surface area contributed by atoms with Gasteiger partial charge in [-0.15, -0.1) is 6.58 Å². The number of carbonyl (C=O) groups excluding carboxylic acids is 1. The Balaban J connectivity index is 2.15. The summed E-state index contributed by atoms with van der Waals surface area (Å²) in [5.74, 6) is 0.0948. The van der Waals surface area contributed by atoms with Gasteiger partial charge in [-0.25, -0.2) is 9.97 Å². The first kappa shape index (κ1) is 19.6. The van der Waals surface area contributed by atoms with Gasteiger partial charge in [-0.3, -0.25) is 4.79 Å². The number of amides is 1. The first-order chi connectivity index (χ1) is 12.5. The number of carbonyl (C=O) groups is 1. The van der Waals surface area contributed by atoms with E-state index in [1.165, 1.54) is 18.5 Å². The number of benzene rings is 1. The Morgan fingerprint density at radius 1 is 1.38 bits per heavy atom. The van der Waals surface area contributed by atoms with Crippen molar-refractivity contribution in [2.24, 2.45) is 0 Å². The van der Waals surface area contributed by atoms with Crippen LogP contribution in [0, 0.1) is 6.92 Å². The van der Waals surface area contributed by atoms with E-state index in [1.807, 2.05) is 0 Å². The monoisotopic (exact) mass is 356 g/mol. The molecule has 1 amide bonds. The van der Waals surface area contributed by atoms with Crippen molar-refractivity contribution in [3.8, 4) is 11.6 Å². The predicted molar refractivity (Wildman–Crippen MR) is 95.4 cm³/mol. The topological polar surface area (TPSA) is 125 Å². The minimum Gasteiger partial charge on any atom is -0.450 e. The summed E-state index contributed by atoms with van der Waals surface area (Å²) in [6.07, 6.45) is 3.95. The summed E-state index contributed by atoms with van der Waals surface area (Å²) in [4.78, 5) is 20.0. The number of aliphatic hydroxyl groups excluding tert-OH is 2. The highest BCUT2D eigenvalue weighted by Gasteiger charge is 2.14. The van der Waals surface area contributed by atoms with E-state index in [0.29, 0.717) is 22.3 Å². The molecule has 1 unspecified atom stereocenters. The van der Waals surface area contributed by atoms with Crippen LogP contribution in [-0.4, -0.2) is 51.2 Å². The van der Waals surface area contributed by atoms with E-state index in [0.717, 1.165) is 7.48 Å². The van der Waals surface area contributed by atoms with Crippen molar-refractivity contribution < 1.29 is 24.8 Å². The Morgan fingerprint density at radius 3 is 2.69 bits per heavy atom. The van der Waals surface area contributed by atoms with Crippen LogP contribution in [0.15, 0.2) is 37.2 Å². The Hall–Kier alpha value is -2.75. The molecule has 0 saturated heterocycles. The number of nitrogens with one attached hydrogen (secondary N) is 1. The van der Waals surface area contributed by atoms with Crippen LogP contribution >= 0.6 is 0 Å². The molecular weight excluding hydrogens is 337 g/mol. The van der Waals surface area contributed by atoms with Crippen LogP contribution in [0.2, 0.25) is 0 Å². The summed E-state index contributed by atoms with van der Waals surface area (Å²) in [7, 11) is 0.907. The second kappa shape index (κ2) is 9.09. The van der Waals surface area contributed by atoms with E-state index in [9.17, 15) is 14.9 Å². The number of aromatic nitrogens is 2. The normalized spacial score (nSPS) is 11.5. The molecule has 2 aromatic rings. The zero-order valence-corrected chi connectivity index (χ0v) is 14.2. The lowest BCUT2D eigenvalue weighted by molar-refractivity contribution is 0.0924. The van der Waals surface area contributed by atoms with Crippen LogP contribution in [0.5, 0.6) is 11.6 Å². The van der Waals surface area contributed by atoms with Gasteiger partial charge in [0.15, 0.2) is 0 Å². The third-order valence-electron chi connectivity index (χ3n) is 3.73. The zero-order chi connectivity index (χ0) is 19.1. The zero-order valence-electron chi connectivity index (χ0n) is 14.2. The molecule has 0 bridgehead atoms. The fourth-order valence-electron chi connectivity index (χ4n) is 2.21. The Morgan fingerprint density at radius 2 is 2.15 bits per heavy atom. The third-order valence-corrected chi connectivity index (χ3v) is 3.73. The molecule has 1 radical (unpaired) electrons. The number of nitrogens with zero attached hydrogens (tertiary/aromatic N) is 2. The number of hydrogen-bond donors (Lipinski definition) is 4. The van der Waals surface area contributed by atoms with Gasteiger partial charge in [0, 0.05) is 0 Å². The number of ether oxygens (including phenoxy) is 1. The lowest BCUT2D eigenvalue weighted by atomic mass is 9.80. The molecular formula is C17H19BN3O5. The lowest BCUT2D eigenvalue weighted by Gasteiger charge is -2.14. The minimum atomic E-state index is -0.568. The molecule has 1 aromatic heterocycles. The van der Waals surface area contributed by atoms with Crippen LogP contribution < -0.4 is 15.5 Å². The second-order valence-corrected chi connectivity index (χ2v) is 5.39. The molecule has 0 saturated carbocycles. The second-order valence-electron chi connectivity index (χ2n) is 5.39. The van der Waals surface area contributed by atoms with Crippen molar-refractivity contribution in [2.75, 3.05) is 6.61 Å². The van der Waals surface area contributed by atoms with Gasteiger partial charge >= 0.3 is 7.48 Å². The van der Waals surface area contributed by atoms with Crippen LogP contribution in [0.25, 0.3) is 0 Å². The average molecular weight is 356 g/mol. The maximum absolute atomic E-state index is 12.0. The van der Waals surface area contributed by atoms with Gasteiger partial charge in [0.25, 0.3) is 5.91 Å². The summed E-state index contributed by atoms with van der Waals surface area (Å²) < 4.78 is 5.64. The molecule has 2 rings (SSSR count). The van der Waals surface area contributed by atoms with Crippen LogP contribution in [0.3, 0.4) is 0 Å². The highest BCUT2D eigenvalue weighted by molar-refractivity contribution is 6.47. The Labute approximate surface area is 151 Å². The highest BCUT2D eigenvalue weighted by Crippen LogP contribution is 2.22. The van der Waals surface area contributed by atoms with E-state index >= 15 is 0 Å². The molecule has 0 aliphatic heterocycles. The van der Waals surface area contributed by atoms with Crippen molar-refractivity contribution in [1.29, 1.82) is 0 Å². The number of hydrogen-bond acceptors (Lipinski definition) is 7. The van der Waals surface area contributed by atoms with E-state index in [4.69, 9.17) is 9.84 Å². The smallest absolute Gasteiger partial charge is 0.327 e. The largest absolute Gasteiger partial charge is 0.450 e. The summed E-state index contributed by atoms with van der Waals surface area (Å²) in [6.45, 7) is 4.76. The molecule has 1 aromatic carbocycles. The molecule has 26 heavy (non-hydrogen) atoms. The molecule has 8 nitrogen and oxygen atoms in total. The summed E-state index contributed by atoms with van der Waals surface area (Å²) in [5, 5.41) is 30.2. The van der Waals surface area contributed by atoms with Crippen LogP contribution in [0.4, 0.5) is 0 Å². The minimum absolute atomic E-state index is 0.0642. The van der Waals surface area contributed by atoms with E-state index in [2.05, 4.69) is 21.9 Å². The standard InChI is InChI=1S/C17H19BN3O5/c1-3-12(9-23)21-17(24)13-6-20-15(7-19-13)26-14-5-4-11(8-22)16(18-25)10(14)2/h3-7,12,22-23,25H,1,8-9H2,2H3,(H,21,24). The third kappa shape index (κ3) is 4.45. The molecule has 135 valence electrons. The van der Waals surface area contributed by atoms with Crippen molar-refractivity contribution in [2.45, 2.75) is 19.6 Å². The van der Waals surface area contributed by atoms with Gasteiger partial charge in [-0.2, -0.15) is 0 Å². The van der Waals surface area contributed by atoms with E-state index in [1.54, 1.807) is 19.1 Å². The number of rotatable bonds is 8. The van der Waals surface area contributed by atoms with E-state index < -0.39 is 11.9 Å². The molecule has 0 aliphatic carbocycles. The van der Waals surface area contributed by atoms with Crippen molar-refractivity contribution in [3.63, 3.8) is 0 Å². The fourth-order valence-corrected chi connectivity index (χ4v) is 2.21. The molecule has 0 fully saturated rings. The first-order valence-electron chi connectivity index (χ1n) is 7.79. The van der Waals surface area contributed by atoms with Crippen LogP contribution in [0.1, 0.15) is 21.6 Å². The molecule has 1 atom stereocenters. The highest BCUT2D eigenvalue weighted by atomic mass is 16.5. The van der Waals surface area contributed by atoms with Crippen molar-refractivity contribution in [3.05, 3.63) is 54.0 Å². The van der Waals surface area contributed by atoms with Crippen molar-refractivity contribution in [1.82, 2.24) is 15.3 Å². The van der Waals surface area contributed by atoms with Crippen LogP contribution in [-0.2, 0) is 6.61 Å². The Bertz CT molecular complexity index is 783. The maximum Gasteiger partial charge on any atom is 0.327 e. The van der Waals surface area contributed by atoms with Gasteiger partial charge < -0.3 is 25.3 Å². The fraction of sp³-hybridized carbons (Fsp3) is 0.235. The van der Waals surface area contributed by atoms with Gasteiger partial charge in [-0.05, 0) is 29.6 Å². The molecule has 9 heteroatoms. The van der Waals surface area contributed by atoms with Gasteiger partial charge in [0.1, 0.15) is 11.4 Å². The van der Waals surface area contributed by atoms with E-state index in [-0.39, 0.29) is 24.8 Å². The predicted octanol–water partition coefficient (Wildman–Crippen LogP) is -0.417. The van der Waals surface area contributed by atoms with Crippen molar-refractivity contribution >= 4 is 18.9 Å². The number of aliphatic hydroxyl groups is 2. The van der Waals surface area contributed by atoms with Gasteiger partial charge in [-0.1, -0.05) is 12.1 Å². The molecule has 1 heterocycles. The maximum atomic E-state index is 12.0. The quantitative estimate of drug-likeness (QED) is 0.374. The first-order valence-corrected chi connectivity index (χ1v) is 7.79. The lowest BCUT2D eigenvalue weighted by Crippen LogP contribution is -2.36. The van der Waals surface area contributed by atoms with Gasteiger partial charge in [0.2, 0.25) is 5.88 Å². The molecule has 0 spiro atoms. The SMILES string of the molecule is C=CC(CO)NC(=O)c1cnc(Oc2ccc(CO)c([B]O)c2C)cn1.